The first-order valence-electron chi connectivity index (χ1n) is 7.03. The molecular weight excluding hydrogens is 322 g/mol. The van der Waals surface area contributed by atoms with Crippen molar-refractivity contribution in [2.45, 2.75) is 18.1 Å². The van der Waals surface area contributed by atoms with E-state index in [9.17, 15) is 18.5 Å². The second-order valence-electron chi connectivity index (χ2n) is 5.54. The molecule has 7 nitrogen and oxygen atoms in total. The lowest BCUT2D eigenvalue weighted by atomic mass is 10.0. The molecule has 3 rings (SSSR count). The Kier molecular flexibility index (Phi) is 3.48. The molecule has 0 unspecified atom stereocenters. The van der Waals surface area contributed by atoms with Gasteiger partial charge in [0.1, 0.15) is 5.25 Å². The van der Waals surface area contributed by atoms with Crippen LogP contribution in [0.3, 0.4) is 0 Å². The van der Waals surface area contributed by atoms with Crippen molar-refractivity contribution in [3.63, 3.8) is 0 Å². The van der Waals surface area contributed by atoms with E-state index >= 15 is 0 Å². The van der Waals surface area contributed by atoms with Crippen LogP contribution in [0.5, 0.6) is 11.5 Å². The third-order valence-electron chi connectivity index (χ3n) is 4.15. The average Bonchev–Trinajstić information content (AvgIpc) is 3.00. The van der Waals surface area contributed by atoms with E-state index in [1.54, 1.807) is 25.1 Å². The Morgan fingerprint density at radius 2 is 2.13 bits per heavy atom. The summed E-state index contributed by atoms with van der Waals surface area (Å²) in [7, 11) is -3.62. The predicted octanol–water partition coefficient (Wildman–Crippen LogP) is 0.999. The summed E-state index contributed by atoms with van der Waals surface area (Å²) in [6.45, 7) is 1.77. The number of ether oxygens (including phenoxy) is 3. The van der Waals surface area contributed by atoms with Gasteiger partial charge in [0.2, 0.25) is 6.79 Å². The normalized spacial score (nSPS) is 28.0. The molecule has 0 saturated heterocycles. The van der Waals surface area contributed by atoms with E-state index in [1.165, 1.54) is 0 Å². The molecule has 1 aliphatic carbocycles. The van der Waals surface area contributed by atoms with Crippen LogP contribution in [0.4, 0.5) is 0 Å². The summed E-state index contributed by atoms with van der Waals surface area (Å²) >= 11 is 0. The van der Waals surface area contributed by atoms with Crippen LogP contribution >= 0.6 is 0 Å². The van der Waals surface area contributed by atoms with Gasteiger partial charge in [-0.05, 0) is 24.6 Å². The number of hydrogen-bond acceptors (Lipinski definition) is 7. The maximum Gasteiger partial charge on any atom is 0.328 e. The average molecular weight is 337 g/mol. The second kappa shape index (κ2) is 5.13. The SMILES string of the molecule is CCOC(=O)[C@]1(C#N)[C@H](c2ccc3c(c2)OCO3)[C@@H]1S(C)(=O)=O. The number of nitriles is 1. The number of esters is 1. The Bertz CT molecular complexity index is 812. The number of fused-ring (bicyclic) bond motifs is 1. The van der Waals surface area contributed by atoms with E-state index in [-0.39, 0.29) is 13.4 Å². The highest BCUT2D eigenvalue weighted by Gasteiger charge is 2.76. The minimum Gasteiger partial charge on any atom is -0.465 e. The standard InChI is InChI=1S/C15H15NO6S/c1-3-20-14(17)15(7-16)12(13(15)23(2,18)19)9-4-5-10-11(6-9)22-8-21-10/h4-6,12-13H,3,8H2,1-2H3/t12-,13+,15-/m1/s1. The first-order valence-corrected chi connectivity index (χ1v) is 8.98. The highest BCUT2D eigenvalue weighted by molar-refractivity contribution is 7.91. The quantitative estimate of drug-likeness (QED) is 0.755. The molecule has 122 valence electrons. The van der Waals surface area contributed by atoms with Gasteiger partial charge in [0.25, 0.3) is 0 Å². The molecule has 3 atom stereocenters. The molecule has 0 amide bonds. The Labute approximate surface area is 133 Å². The molecule has 1 heterocycles. The van der Waals surface area contributed by atoms with E-state index in [0.29, 0.717) is 17.1 Å². The van der Waals surface area contributed by atoms with Gasteiger partial charge in [0, 0.05) is 12.2 Å². The van der Waals surface area contributed by atoms with Crippen LogP contribution < -0.4 is 9.47 Å². The van der Waals surface area contributed by atoms with E-state index < -0.39 is 32.4 Å². The summed E-state index contributed by atoms with van der Waals surface area (Å²) in [6, 6.07) is 6.79. The van der Waals surface area contributed by atoms with E-state index in [1.807, 2.05) is 6.07 Å². The summed E-state index contributed by atoms with van der Waals surface area (Å²) in [5.41, 5.74) is -1.17. The maximum atomic E-state index is 12.3. The third-order valence-corrected chi connectivity index (χ3v) is 5.71. The lowest BCUT2D eigenvalue weighted by molar-refractivity contribution is -0.147. The fraction of sp³-hybridized carbons (Fsp3) is 0.467. The van der Waals surface area contributed by atoms with Crippen molar-refractivity contribution in [3.05, 3.63) is 23.8 Å². The zero-order valence-corrected chi connectivity index (χ0v) is 13.4. The number of carbonyl (C=O) groups excluding carboxylic acids is 1. The van der Waals surface area contributed by atoms with Gasteiger partial charge in [0.15, 0.2) is 26.8 Å². The molecule has 1 aromatic rings. The first-order chi connectivity index (χ1) is 10.9. The highest BCUT2D eigenvalue weighted by Crippen LogP contribution is 2.63. The number of benzene rings is 1. The Balaban J connectivity index is 2.06. The molecule has 0 radical (unpaired) electrons. The van der Waals surface area contributed by atoms with Gasteiger partial charge in [-0.25, -0.2) is 8.42 Å². The van der Waals surface area contributed by atoms with Gasteiger partial charge in [-0.15, -0.1) is 0 Å². The summed E-state index contributed by atoms with van der Waals surface area (Å²) < 4.78 is 39.6. The molecule has 23 heavy (non-hydrogen) atoms. The molecular formula is C15H15NO6S. The molecule has 1 saturated carbocycles. The molecule has 2 aliphatic rings. The van der Waals surface area contributed by atoms with Gasteiger partial charge in [-0.1, -0.05) is 6.07 Å². The van der Waals surface area contributed by atoms with E-state index in [0.717, 1.165) is 6.26 Å². The molecule has 1 fully saturated rings. The minimum absolute atomic E-state index is 0.0760. The van der Waals surface area contributed by atoms with Crippen LogP contribution in [0.25, 0.3) is 0 Å². The number of sulfone groups is 1. The van der Waals surface area contributed by atoms with Crippen LogP contribution in [-0.4, -0.2) is 39.3 Å². The van der Waals surface area contributed by atoms with Gasteiger partial charge in [0.05, 0.1) is 12.7 Å². The van der Waals surface area contributed by atoms with Crippen LogP contribution in [-0.2, 0) is 19.4 Å². The molecule has 0 spiro atoms. The van der Waals surface area contributed by atoms with Crippen molar-refractivity contribution in [3.8, 4) is 17.6 Å². The van der Waals surface area contributed by atoms with Gasteiger partial charge < -0.3 is 14.2 Å². The Morgan fingerprint density at radius 1 is 1.43 bits per heavy atom. The summed E-state index contributed by atoms with van der Waals surface area (Å²) in [4.78, 5) is 12.3. The fourth-order valence-electron chi connectivity index (χ4n) is 3.16. The van der Waals surface area contributed by atoms with E-state index in [2.05, 4.69) is 0 Å². The summed E-state index contributed by atoms with van der Waals surface area (Å²) in [5.74, 6) is -0.571. The molecule has 0 aromatic heterocycles. The van der Waals surface area contributed by atoms with Gasteiger partial charge in [-0.3, -0.25) is 4.79 Å². The summed E-state index contributed by atoms with van der Waals surface area (Å²) in [6.07, 6.45) is 1.02. The first kappa shape index (κ1) is 15.6. The van der Waals surface area contributed by atoms with Crippen molar-refractivity contribution in [1.82, 2.24) is 0 Å². The molecule has 0 bridgehead atoms. The Morgan fingerprint density at radius 3 is 2.74 bits per heavy atom. The smallest absolute Gasteiger partial charge is 0.328 e. The summed E-state index contributed by atoms with van der Waals surface area (Å²) in [5, 5.41) is 8.42. The zero-order valence-electron chi connectivity index (χ0n) is 12.6. The molecule has 1 aromatic carbocycles. The molecule has 0 N–H and O–H groups in total. The van der Waals surface area contributed by atoms with Crippen molar-refractivity contribution >= 4 is 15.8 Å². The minimum atomic E-state index is -3.62. The van der Waals surface area contributed by atoms with Crippen LogP contribution in [0.1, 0.15) is 18.4 Å². The predicted molar refractivity (Wildman–Crippen MR) is 78.6 cm³/mol. The number of nitrogens with zero attached hydrogens (tertiary/aromatic N) is 1. The van der Waals surface area contributed by atoms with Crippen LogP contribution in [0, 0.1) is 16.7 Å². The lowest BCUT2D eigenvalue weighted by Crippen LogP contribution is -2.24. The van der Waals surface area contributed by atoms with Crippen LogP contribution in [0.15, 0.2) is 18.2 Å². The van der Waals surface area contributed by atoms with Gasteiger partial charge >= 0.3 is 5.97 Å². The number of carbonyl (C=O) groups is 1. The van der Waals surface area contributed by atoms with Crippen molar-refractivity contribution < 1.29 is 27.4 Å². The largest absolute Gasteiger partial charge is 0.465 e. The number of hydrogen-bond donors (Lipinski definition) is 0. The molecule has 8 heteroatoms. The van der Waals surface area contributed by atoms with Crippen molar-refractivity contribution in [2.24, 2.45) is 5.41 Å². The highest BCUT2D eigenvalue weighted by atomic mass is 32.2. The maximum absolute atomic E-state index is 12.3. The molecule has 1 aliphatic heterocycles. The lowest BCUT2D eigenvalue weighted by Gasteiger charge is -2.08. The fourth-order valence-corrected chi connectivity index (χ4v) is 4.92. The van der Waals surface area contributed by atoms with Crippen molar-refractivity contribution in [1.29, 1.82) is 5.26 Å². The third kappa shape index (κ3) is 2.23. The Hall–Kier alpha value is -2.27. The van der Waals surface area contributed by atoms with Gasteiger partial charge in [-0.2, -0.15) is 5.26 Å². The zero-order chi connectivity index (χ0) is 16.8. The number of rotatable bonds is 4. The van der Waals surface area contributed by atoms with Crippen molar-refractivity contribution in [2.75, 3.05) is 19.7 Å². The topological polar surface area (TPSA) is 103 Å². The van der Waals surface area contributed by atoms with Crippen LogP contribution in [0.2, 0.25) is 0 Å². The monoisotopic (exact) mass is 337 g/mol. The second-order valence-corrected chi connectivity index (χ2v) is 7.71. The van der Waals surface area contributed by atoms with E-state index in [4.69, 9.17) is 14.2 Å².